The molecule has 0 atom stereocenters. The largest absolute Gasteiger partial charge is 0.456 e. The van der Waals surface area contributed by atoms with Crippen LogP contribution < -0.4 is 5.32 Å². The van der Waals surface area contributed by atoms with Gasteiger partial charge >= 0.3 is 0 Å². The van der Waals surface area contributed by atoms with E-state index in [4.69, 9.17) is 4.42 Å². The minimum absolute atomic E-state index is 0.179. The predicted octanol–water partition coefficient (Wildman–Crippen LogP) is 10.0. The fourth-order valence-corrected chi connectivity index (χ4v) is 7.20. The van der Waals surface area contributed by atoms with Crippen LogP contribution in [0.2, 0.25) is 0 Å². The molecule has 3 heteroatoms. The maximum atomic E-state index is 6.37. The molecule has 0 radical (unpaired) electrons. The lowest BCUT2D eigenvalue weighted by Gasteiger charge is -2.42. The zero-order valence-electron chi connectivity index (χ0n) is 20.7. The van der Waals surface area contributed by atoms with Crippen LogP contribution in [0.15, 0.2) is 77.2 Å². The number of thiophene rings is 1. The van der Waals surface area contributed by atoms with Crippen LogP contribution in [0.1, 0.15) is 51.7 Å². The van der Waals surface area contributed by atoms with Crippen molar-refractivity contribution < 1.29 is 4.42 Å². The van der Waals surface area contributed by atoms with E-state index < -0.39 is 0 Å². The molecule has 174 valence electrons. The van der Waals surface area contributed by atoms with Gasteiger partial charge in [-0.2, -0.15) is 0 Å². The summed E-state index contributed by atoms with van der Waals surface area (Å²) in [6.45, 7) is 9.53. The Bertz CT molecular complexity index is 1780. The third-order valence-corrected chi connectivity index (χ3v) is 9.32. The topological polar surface area (TPSA) is 25.2 Å². The molecular formula is C32H29NOS. The van der Waals surface area contributed by atoms with E-state index >= 15 is 0 Å². The molecule has 2 aromatic heterocycles. The van der Waals surface area contributed by atoms with Crippen molar-refractivity contribution in [2.24, 2.45) is 0 Å². The van der Waals surface area contributed by atoms with Crippen LogP contribution in [0.4, 0.5) is 11.4 Å². The number of nitrogens with one attached hydrogen (secondary N) is 1. The molecule has 35 heavy (non-hydrogen) atoms. The fraction of sp³-hybridized carbons (Fsp3) is 0.250. The van der Waals surface area contributed by atoms with Crippen molar-refractivity contribution in [3.05, 3.63) is 83.9 Å². The molecule has 2 nitrogen and oxygen atoms in total. The van der Waals surface area contributed by atoms with Gasteiger partial charge < -0.3 is 9.73 Å². The van der Waals surface area contributed by atoms with Gasteiger partial charge in [-0.25, -0.2) is 0 Å². The van der Waals surface area contributed by atoms with Gasteiger partial charge in [0.05, 0.1) is 10.4 Å². The van der Waals surface area contributed by atoms with E-state index in [0.29, 0.717) is 0 Å². The zero-order chi connectivity index (χ0) is 23.9. The minimum Gasteiger partial charge on any atom is -0.456 e. The highest BCUT2D eigenvalue weighted by molar-refractivity contribution is 7.26. The van der Waals surface area contributed by atoms with Gasteiger partial charge in [0, 0.05) is 38.0 Å². The molecule has 1 aliphatic rings. The molecule has 0 amide bonds. The third kappa shape index (κ3) is 3.07. The number of fused-ring (bicyclic) bond motifs is 8. The molecule has 6 aromatic rings. The van der Waals surface area contributed by atoms with E-state index in [0.717, 1.165) is 22.5 Å². The maximum absolute atomic E-state index is 6.37. The van der Waals surface area contributed by atoms with Crippen molar-refractivity contribution in [3.8, 4) is 0 Å². The normalized spacial score (nSPS) is 16.8. The monoisotopic (exact) mass is 475 g/mol. The average molecular weight is 476 g/mol. The van der Waals surface area contributed by atoms with E-state index in [9.17, 15) is 0 Å². The lowest BCUT2D eigenvalue weighted by molar-refractivity contribution is 0.332. The van der Waals surface area contributed by atoms with Gasteiger partial charge in [0.2, 0.25) is 0 Å². The Kier molecular flexibility index (Phi) is 4.27. The smallest absolute Gasteiger partial charge is 0.138 e. The molecular weight excluding hydrogens is 446 g/mol. The molecule has 1 N–H and O–H groups in total. The first-order chi connectivity index (χ1) is 16.8. The van der Waals surface area contributed by atoms with Crippen LogP contribution >= 0.6 is 11.3 Å². The summed E-state index contributed by atoms with van der Waals surface area (Å²) >= 11 is 1.86. The summed E-state index contributed by atoms with van der Waals surface area (Å²) in [5.41, 5.74) is 7.48. The third-order valence-electron chi connectivity index (χ3n) is 8.12. The Hall–Kier alpha value is -3.30. The molecule has 0 saturated heterocycles. The lowest BCUT2D eigenvalue weighted by Crippen LogP contribution is -2.33. The van der Waals surface area contributed by atoms with Gasteiger partial charge in [0.25, 0.3) is 0 Å². The van der Waals surface area contributed by atoms with E-state index in [1.807, 2.05) is 17.4 Å². The number of benzene rings is 4. The van der Waals surface area contributed by atoms with Gasteiger partial charge in [0.1, 0.15) is 11.2 Å². The minimum atomic E-state index is 0.179. The SMILES string of the molecule is CC1(C)CCC(C)(C)c2cc(Nc3cc4oc5ccccc5c4c4c3sc3ccccc34)ccc21. The van der Waals surface area contributed by atoms with E-state index in [1.165, 1.54) is 54.9 Å². The fourth-order valence-electron chi connectivity index (χ4n) is 6.02. The molecule has 0 unspecified atom stereocenters. The summed E-state index contributed by atoms with van der Waals surface area (Å²) in [6.07, 6.45) is 2.44. The van der Waals surface area contributed by atoms with Crippen LogP contribution in [0, 0.1) is 0 Å². The Morgan fingerprint density at radius 1 is 0.714 bits per heavy atom. The van der Waals surface area contributed by atoms with Crippen molar-refractivity contribution >= 4 is 64.8 Å². The second-order valence-corrected chi connectivity index (χ2v) is 12.4. The first-order valence-corrected chi connectivity index (χ1v) is 13.3. The van der Waals surface area contributed by atoms with Gasteiger partial charge in [-0.3, -0.25) is 0 Å². The molecule has 0 fully saturated rings. The van der Waals surface area contributed by atoms with Crippen molar-refractivity contribution in [2.75, 3.05) is 5.32 Å². The van der Waals surface area contributed by atoms with Crippen molar-refractivity contribution in [3.63, 3.8) is 0 Å². The molecule has 0 aliphatic heterocycles. The zero-order valence-corrected chi connectivity index (χ0v) is 21.5. The summed E-state index contributed by atoms with van der Waals surface area (Å²) in [7, 11) is 0. The number of furan rings is 1. The number of hydrogen-bond acceptors (Lipinski definition) is 3. The summed E-state index contributed by atoms with van der Waals surface area (Å²) in [5, 5.41) is 8.79. The number of para-hydroxylation sites is 1. The molecule has 1 aliphatic carbocycles. The van der Waals surface area contributed by atoms with Gasteiger partial charge in [-0.05, 0) is 59.1 Å². The van der Waals surface area contributed by atoms with E-state index in [1.54, 1.807) is 0 Å². The van der Waals surface area contributed by atoms with Gasteiger partial charge in [-0.1, -0.05) is 70.2 Å². The molecule has 0 spiro atoms. The van der Waals surface area contributed by atoms with E-state index in [-0.39, 0.29) is 10.8 Å². The summed E-state index contributed by atoms with van der Waals surface area (Å²) in [6, 6.07) is 26.3. The lowest BCUT2D eigenvalue weighted by atomic mass is 9.63. The van der Waals surface area contributed by atoms with Crippen molar-refractivity contribution in [1.82, 2.24) is 0 Å². The maximum Gasteiger partial charge on any atom is 0.138 e. The highest BCUT2D eigenvalue weighted by atomic mass is 32.1. The van der Waals surface area contributed by atoms with Crippen molar-refractivity contribution in [2.45, 2.75) is 51.4 Å². The quantitative estimate of drug-likeness (QED) is 0.269. The number of hydrogen-bond donors (Lipinski definition) is 1. The van der Waals surface area contributed by atoms with E-state index in [2.05, 4.69) is 99.7 Å². The summed E-state index contributed by atoms with van der Waals surface area (Å²) in [4.78, 5) is 0. The van der Waals surface area contributed by atoms with Crippen molar-refractivity contribution in [1.29, 1.82) is 0 Å². The number of rotatable bonds is 2. The highest BCUT2D eigenvalue weighted by Crippen LogP contribution is 2.49. The van der Waals surface area contributed by atoms with Crippen LogP contribution in [0.5, 0.6) is 0 Å². The Labute approximate surface area is 209 Å². The van der Waals surface area contributed by atoms with Crippen LogP contribution in [0.3, 0.4) is 0 Å². The standard InChI is InChI=1S/C32H29NOS/c1-31(2)15-16-32(3,4)23-17-19(13-14-22(23)31)33-24-18-26-28(20-9-5-7-11-25(20)34-26)29-21-10-6-8-12-27(21)35-30(24)29/h5-14,17-18,33H,15-16H2,1-4H3. The highest BCUT2D eigenvalue weighted by Gasteiger charge is 2.37. The molecule has 0 bridgehead atoms. The van der Waals surface area contributed by atoms with Gasteiger partial charge in [0.15, 0.2) is 0 Å². The van der Waals surface area contributed by atoms with Gasteiger partial charge in [-0.15, -0.1) is 11.3 Å². The predicted molar refractivity (Wildman–Crippen MR) is 152 cm³/mol. The molecule has 2 heterocycles. The first kappa shape index (κ1) is 21.0. The Morgan fingerprint density at radius 3 is 2.26 bits per heavy atom. The van der Waals surface area contributed by atoms with Crippen LogP contribution in [-0.2, 0) is 10.8 Å². The Balaban J connectivity index is 1.47. The average Bonchev–Trinajstić information content (AvgIpc) is 3.40. The van der Waals surface area contributed by atoms with Crippen LogP contribution in [0.25, 0.3) is 42.1 Å². The molecule has 0 saturated carbocycles. The molecule has 7 rings (SSSR count). The first-order valence-electron chi connectivity index (χ1n) is 12.5. The molecule has 4 aromatic carbocycles. The number of anilines is 2. The van der Waals surface area contributed by atoms with Crippen LogP contribution in [-0.4, -0.2) is 0 Å². The Morgan fingerprint density at radius 2 is 1.43 bits per heavy atom. The second kappa shape index (κ2) is 7.11. The summed E-state index contributed by atoms with van der Waals surface area (Å²) in [5.74, 6) is 0. The summed E-state index contributed by atoms with van der Waals surface area (Å²) < 4.78 is 8.96. The second-order valence-electron chi connectivity index (χ2n) is 11.4.